The van der Waals surface area contributed by atoms with Crippen LogP contribution in [0, 0.1) is 5.92 Å². The van der Waals surface area contributed by atoms with Crippen LogP contribution < -0.4 is 10.1 Å². The first kappa shape index (κ1) is 17.1. The topological polar surface area (TPSA) is 50.8 Å². The lowest BCUT2D eigenvalue weighted by Crippen LogP contribution is -2.30. The van der Waals surface area contributed by atoms with Gasteiger partial charge in [0.25, 0.3) is 5.91 Å². The Bertz CT molecular complexity index is 510. The average molecular weight is 327 g/mol. The average Bonchev–Trinajstić information content (AvgIpc) is 2.97. The van der Waals surface area contributed by atoms with Crippen molar-refractivity contribution in [1.29, 1.82) is 0 Å². The molecule has 1 aliphatic heterocycles. The molecule has 1 aromatic rings. The zero-order chi connectivity index (χ0) is 15.9. The molecule has 22 heavy (non-hydrogen) atoms. The van der Waals surface area contributed by atoms with Crippen molar-refractivity contribution >= 4 is 17.5 Å². The molecular formula is C16H23ClN2O3. The SMILES string of the molecule is CNCC1CCN(C(=O)c2cc(Cl)ccc2OCCOC)C1. The van der Waals surface area contributed by atoms with E-state index in [1.165, 1.54) is 0 Å². The maximum Gasteiger partial charge on any atom is 0.257 e. The van der Waals surface area contributed by atoms with Crippen LogP contribution in [0.25, 0.3) is 0 Å². The van der Waals surface area contributed by atoms with E-state index in [0.29, 0.717) is 35.5 Å². The van der Waals surface area contributed by atoms with E-state index in [-0.39, 0.29) is 5.91 Å². The Hall–Kier alpha value is -1.30. The molecule has 5 nitrogen and oxygen atoms in total. The van der Waals surface area contributed by atoms with E-state index < -0.39 is 0 Å². The van der Waals surface area contributed by atoms with Crippen molar-refractivity contribution in [2.24, 2.45) is 5.92 Å². The van der Waals surface area contributed by atoms with Gasteiger partial charge in [0.2, 0.25) is 0 Å². The van der Waals surface area contributed by atoms with Gasteiger partial charge in [-0.05, 0) is 44.1 Å². The number of carbonyl (C=O) groups excluding carboxylic acids is 1. The fourth-order valence-corrected chi connectivity index (χ4v) is 2.85. The second-order valence-electron chi connectivity index (χ2n) is 5.45. The van der Waals surface area contributed by atoms with E-state index in [0.717, 1.165) is 26.1 Å². The molecule has 1 aromatic carbocycles. The molecule has 1 fully saturated rings. The van der Waals surface area contributed by atoms with Gasteiger partial charge in [0.05, 0.1) is 12.2 Å². The highest BCUT2D eigenvalue weighted by Crippen LogP contribution is 2.27. The predicted molar refractivity (Wildman–Crippen MR) is 86.8 cm³/mol. The lowest BCUT2D eigenvalue weighted by atomic mass is 10.1. The van der Waals surface area contributed by atoms with Gasteiger partial charge in [-0.3, -0.25) is 4.79 Å². The number of nitrogens with one attached hydrogen (secondary N) is 1. The molecule has 1 N–H and O–H groups in total. The van der Waals surface area contributed by atoms with E-state index in [4.69, 9.17) is 21.1 Å². The van der Waals surface area contributed by atoms with Gasteiger partial charge in [-0.25, -0.2) is 0 Å². The molecule has 1 unspecified atom stereocenters. The molecule has 1 atom stereocenters. The van der Waals surface area contributed by atoms with Crippen LogP contribution in [-0.2, 0) is 4.74 Å². The maximum absolute atomic E-state index is 12.7. The number of hydrogen-bond acceptors (Lipinski definition) is 4. The Kier molecular flexibility index (Phi) is 6.49. The molecule has 0 bridgehead atoms. The summed E-state index contributed by atoms with van der Waals surface area (Å²) in [4.78, 5) is 14.6. The van der Waals surface area contributed by atoms with Gasteiger partial charge in [0, 0.05) is 25.2 Å². The van der Waals surface area contributed by atoms with Crippen LogP contribution in [0.1, 0.15) is 16.8 Å². The van der Waals surface area contributed by atoms with Gasteiger partial charge < -0.3 is 19.7 Å². The van der Waals surface area contributed by atoms with Crippen molar-refractivity contribution in [1.82, 2.24) is 10.2 Å². The number of hydrogen-bond donors (Lipinski definition) is 1. The van der Waals surface area contributed by atoms with Gasteiger partial charge in [-0.1, -0.05) is 11.6 Å². The molecule has 0 radical (unpaired) electrons. The Labute approximate surface area is 136 Å². The first-order valence-electron chi connectivity index (χ1n) is 7.51. The van der Waals surface area contributed by atoms with Crippen LogP contribution in [0.3, 0.4) is 0 Å². The minimum atomic E-state index is -0.0199. The molecule has 0 aliphatic carbocycles. The molecule has 2 rings (SSSR count). The second kappa shape index (κ2) is 8.36. The number of benzene rings is 1. The Balaban J connectivity index is 2.09. The van der Waals surface area contributed by atoms with Crippen LogP contribution in [0.15, 0.2) is 18.2 Å². The standard InChI is InChI=1S/C16H23ClN2O3/c1-18-10-12-5-6-19(11-12)16(20)14-9-13(17)3-4-15(14)22-8-7-21-2/h3-4,9,12,18H,5-8,10-11H2,1-2H3. The van der Waals surface area contributed by atoms with Gasteiger partial charge in [0.1, 0.15) is 12.4 Å². The van der Waals surface area contributed by atoms with Crippen LogP contribution in [0.5, 0.6) is 5.75 Å². The fourth-order valence-electron chi connectivity index (χ4n) is 2.67. The summed E-state index contributed by atoms with van der Waals surface area (Å²) >= 11 is 6.05. The summed E-state index contributed by atoms with van der Waals surface area (Å²) < 4.78 is 10.6. The molecule has 1 saturated heterocycles. The van der Waals surface area contributed by atoms with Crippen molar-refractivity contribution in [3.05, 3.63) is 28.8 Å². The predicted octanol–water partition coefficient (Wildman–Crippen LogP) is 2.05. The zero-order valence-corrected chi connectivity index (χ0v) is 13.9. The van der Waals surface area contributed by atoms with E-state index >= 15 is 0 Å². The minimum Gasteiger partial charge on any atom is -0.490 e. The van der Waals surface area contributed by atoms with E-state index in [1.807, 2.05) is 11.9 Å². The van der Waals surface area contributed by atoms with Gasteiger partial charge >= 0.3 is 0 Å². The Morgan fingerprint density at radius 1 is 1.45 bits per heavy atom. The van der Waals surface area contributed by atoms with E-state index in [2.05, 4.69) is 5.32 Å². The highest BCUT2D eigenvalue weighted by Gasteiger charge is 2.28. The van der Waals surface area contributed by atoms with Crippen LogP contribution in [-0.4, -0.2) is 57.8 Å². The van der Waals surface area contributed by atoms with Crippen molar-refractivity contribution in [2.45, 2.75) is 6.42 Å². The lowest BCUT2D eigenvalue weighted by molar-refractivity contribution is 0.0780. The highest BCUT2D eigenvalue weighted by molar-refractivity contribution is 6.31. The largest absolute Gasteiger partial charge is 0.490 e. The monoisotopic (exact) mass is 326 g/mol. The first-order valence-corrected chi connectivity index (χ1v) is 7.88. The van der Waals surface area contributed by atoms with Crippen LogP contribution >= 0.6 is 11.6 Å². The molecule has 6 heteroatoms. The summed E-state index contributed by atoms with van der Waals surface area (Å²) in [6.45, 7) is 3.35. The van der Waals surface area contributed by atoms with Gasteiger partial charge in [0.15, 0.2) is 0 Å². The molecule has 1 amide bonds. The summed E-state index contributed by atoms with van der Waals surface area (Å²) in [5.74, 6) is 1.04. The molecule has 0 aromatic heterocycles. The summed E-state index contributed by atoms with van der Waals surface area (Å²) in [5.41, 5.74) is 0.522. The maximum atomic E-state index is 12.7. The van der Waals surface area contributed by atoms with E-state index in [1.54, 1.807) is 25.3 Å². The zero-order valence-electron chi connectivity index (χ0n) is 13.1. The molecular weight excluding hydrogens is 304 g/mol. The van der Waals surface area contributed by atoms with E-state index in [9.17, 15) is 4.79 Å². The summed E-state index contributed by atoms with van der Waals surface area (Å²) in [6.07, 6.45) is 1.02. The van der Waals surface area contributed by atoms with Crippen molar-refractivity contribution in [3.8, 4) is 5.75 Å². The quantitative estimate of drug-likeness (QED) is 0.779. The number of likely N-dealkylation sites (tertiary alicyclic amines) is 1. The number of nitrogens with zero attached hydrogens (tertiary/aromatic N) is 1. The first-order chi connectivity index (χ1) is 10.7. The molecule has 1 heterocycles. The summed E-state index contributed by atoms with van der Waals surface area (Å²) in [7, 11) is 3.55. The van der Waals surface area contributed by atoms with Gasteiger partial charge in [-0.2, -0.15) is 0 Å². The molecule has 0 saturated carbocycles. The third-order valence-corrected chi connectivity index (χ3v) is 4.02. The smallest absolute Gasteiger partial charge is 0.257 e. The van der Waals surface area contributed by atoms with Crippen LogP contribution in [0.2, 0.25) is 5.02 Å². The number of ether oxygens (including phenoxy) is 2. The normalized spacial score (nSPS) is 17.8. The molecule has 122 valence electrons. The fraction of sp³-hybridized carbons (Fsp3) is 0.562. The summed E-state index contributed by atoms with van der Waals surface area (Å²) in [5, 5.41) is 3.70. The Morgan fingerprint density at radius 2 is 2.27 bits per heavy atom. The minimum absolute atomic E-state index is 0.0199. The Morgan fingerprint density at radius 3 is 3.00 bits per heavy atom. The van der Waals surface area contributed by atoms with Crippen molar-refractivity contribution < 1.29 is 14.3 Å². The number of halogens is 1. The third kappa shape index (κ3) is 4.35. The molecule has 1 aliphatic rings. The molecule has 0 spiro atoms. The number of amides is 1. The number of rotatable bonds is 7. The summed E-state index contributed by atoms with van der Waals surface area (Å²) in [6, 6.07) is 5.15. The second-order valence-corrected chi connectivity index (χ2v) is 5.88. The number of methoxy groups -OCH3 is 1. The van der Waals surface area contributed by atoms with Crippen molar-refractivity contribution in [2.75, 3.05) is 47.0 Å². The van der Waals surface area contributed by atoms with Crippen molar-refractivity contribution in [3.63, 3.8) is 0 Å². The van der Waals surface area contributed by atoms with Gasteiger partial charge in [-0.15, -0.1) is 0 Å². The highest BCUT2D eigenvalue weighted by atomic mass is 35.5. The lowest BCUT2D eigenvalue weighted by Gasteiger charge is -2.19. The van der Waals surface area contributed by atoms with Crippen LogP contribution in [0.4, 0.5) is 0 Å². The third-order valence-electron chi connectivity index (χ3n) is 3.78. The number of carbonyl (C=O) groups is 1.